The van der Waals surface area contributed by atoms with Crippen molar-refractivity contribution in [1.29, 1.82) is 0 Å². The maximum Gasteiger partial charge on any atom is 0.251 e. The number of ether oxygens (including phenoxy) is 1. The number of amides is 1. The van der Waals surface area contributed by atoms with Crippen molar-refractivity contribution in [2.45, 2.75) is 96.4 Å². The zero-order chi connectivity index (χ0) is 20.7. The molecule has 1 aliphatic rings. The Balaban J connectivity index is 2.00. The van der Waals surface area contributed by atoms with Crippen molar-refractivity contribution >= 4 is 5.91 Å². The lowest BCUT2D eigenvalue weighted by Crippen LogP contribution is -2.55. The third-order valence-electron chi connectivity index (χ3n) is 5.42. The number of nitrogens with one attached hydrogen (secondary N) is 1. The summed E-state index contributed by atoms with van der Waals surface area (Å²) >= 11 is 0. The van der Waals surface area contributed by atoms with Gasteiger partial charge in [-0.1, -0.05) is 44.2 Å². The Hall–Kier alpha value is -1.46. The second-order valence-electron chi connectivity index (χ2n) is 9.19. The van der Waals surface area contributed by atoms with E-state index >= 15 is 0 Å². The van der Waals surface area contributed by atoms with E-state index in [9.17, 15) is 9.18 Å². The number of carbonyl (C=O) groups excluding carboxylic acids is 1. The van der Waals surface area contributed by atoms with Crippen LogP contribution < -0.4 is 11.1 Å². The zero-order valence-electron chi connectivity index (χ0n) is 17.8. The zero-order valence-corrected chi connectivity index (χ0v) is 17.8. The molecular weight excluding hydrogens is 355 g/mol. The van der Waals surface area contributed by atoms with Crippen molar-refractivity contribution in [3.05, 3.63) is 35.6 Å². The van der Waals surface area contributed by atoms with E-state index in [1.807, 2.05) is 27.7 Å². The number of hydrogen-bond donors (Lipinski definition) is 2. The molecule has 1 aromatic rings. The highest BCUT2D eigenvalue weighted by atomic mass is 19.1. The minimum absolute atomic E-state index is 0.0756. The van der Waals surface area contributed by atoms with E-state index in [1.54, 1.807) is 12.1 Å². The molecule has 3 N–H and O–H groups in total. The standard InChI is InChI=1S/C23H37FN2O2/c1-16(2)28-21(20(25)14-17-8-6-5-7-9-17)22(27)26-23(3,4)15-18-10-12-19(24)13-11-18/h10-13,16-17,20-21H,5-9,14-15,25H2,1-4H3,(H,26,27)/t20-,21?/m1/s1. The first-order valence-electron chi connectivity index (χ1n) is 10.6. The maximum absolute atomic E-state index is 13.1. The van der Waals surface area contributed by atoms with Gasteiger partial charge in [0, 0.05) is 11.6 Å². The first kappa shape index (κ1) is 22.8. The molecule has 2 rings (SSSR count). The molecule has 0 radical (unpaired) electrons. The molecule has 0 heterocycles. The summed E-state index contributed by atoms with van der Waals surface area (Å²) in [6, 6.07) is 6.07. The Bertz CT molecular complexity index is 610. The van der Waals surface area contributed by atoms with Gasteiger partial charge >= 0.3 is 0 Å². The minimum Gasteiger partial charge on any atom is -0.364 e. The molecule has 1 unspecified atom stereocenters. The Labute approximate surface area is 169 Å². The van der Waals surface area contributed by atoms with Crippen LogP contribution in [-0.2, 0) is 16.0 Å². The summed E-state index contributed by atoms with van der Waals surface area (Å²) in [5.41, 5.74) is 6.94. The van der Waals surface area contributed by atoms with E-state index in [0.29, 0.717) is 12.3 Å². The lowest BCUT2D eigenvalue weighted by Gasteiger charge is -2.33. The van der Waals surface area contributed by atoms with Crippen LogP contribution in [-0.4, -0.2) is 29.7 Å². The van der Waals surface area contributed by atoms with Gasteiger partial charge in [-0.05, 0) is 64.2 Å². The molecule has 158 valence electrons. The summed E-state index contributed by atoms with van der Waals surface area (Å²) in [7, 11) is 0. The van der Waals surface area contributed by atoms with Gasteiger partial charge in [0.15, 0.2) is 6.10 Å². The summed E-state index contributed by atoms with van der Waals surface area (Å²) in [6.07, 6.45) is 6.89. The predicted molar refractivity (Wildman–Crippen MR) is 112 cm³/mol. The maximum atomic E-state index is 13.1. The van der Waals surface area contributed by atoms with Crippen LogP contribution in [0, 0.1) is 11.7 Å². The highest BCUT2D eigenvalue weighted by molar-refractivity contribution is 5.82. The Morgan fingerprint density at radius 3 is 2.39 bits per heavy atom. The summed E-state index contributed by atoms with van der Waals surface area (Å²) < 4.78 is 19.1. The van der Waals surface area contributed by atoms with Crippen molar-refractivity contribution in [1.82, 2.24) is 5.32 Å². The molecule has 1 aliphatic carbocycles. The molecule has 0 bridgehead atoms. The summed E-state index contributed by atoms with van der Waals surface area (Å²) in [4.78, 5) is 13.0. The molecule has 0 aliphatic heterocycles. The van der Waals surface area contributed by atoms with Crippen LogP contribution in [0.2, 0.25) is 0 Å². The summed E-state index contributed by atoms with van der Waals surface area (Å²) in [5.74, 6) is 0.163. The Kier molecular flexibility index (Phi) is 8.44. The molecule has 1 aromatic carbocycles. The Morgan fingerprint density at radius 1 is 1.21 bits per heavy atom. The second kappa shape index (κ2) is 10.4. The first-order chi connectivity index (χ1) is 13.2. The highest BCUT2D eigenvalue weighted by Gasteiger charge is 2.33. The minimum atomic E-state index is -0.658. The number of halogens is 1. The van der Waals surface area contributed by atoms with Gasteiger partial charge in [-0.15, -0.1) is 0 Å². The fraction of sp³-hybridized carbons (Fsp3) is 0.696. The smallest absolute Gasteiger partial charge is 0.251 e. The lowest BCUT2D eigenvalue weighted by molar-refractivity contribution is -0.139. The molecule has 0 saturated heterocycles. The monoisotopic (exact) mass is 392 g/mol. The molecule has 1 amide bonds. The van der Waals surface area contributed by atoms with Crippen molar-refractivity contribution in [3.63, 3.8) is 0 Å². The molecular formula is C23H37FN2O2. The van der Waals surface area contributed by atoms with Crippen molar-refractivity contribution < 1.29 is 13.9 Å². The second-order valence-corrected chi connectivity index (χ2v) is 9.19. The van der Waals surface area contributed by atoms with E-state index in [1.165, 1.54) is 44.2 Å². The third-order valence-corrected chi connectivity index (χ3v) is 5.42. The van der Waals surface area contributed by atoms with E-state index in [0.717, 1.165) is 12.0 Å². The van der Waals surface area contributed by atoms with Gasteiger partial charge in [-0.25, -0.2) is 4.39 Å². The van der Waals surface area contributed by atoms with Gasteiger partial charge in [-0.3, -0.25) is 4.79 Å². The van der Waals surface area contributed by atoms with Crippen LogP contribution in [0.25, 0.3) is 0 Å². The normalized spacial score (nSPS) is 18.1. The predicted octanol–water partition coefficient (Wildman–Crippen LogP) is 4.35. The average Bonchev–Trinajstić information content (AvgIpc) is 2.61. The van der Waals surface area contributed by atoms with Crippen LogP contribution in [0.15, 0.2) is 24.3 Å². The summed E-state index contributed by atoms with van der Waals surface area (Å²) in [5, 5.41) is 3.11. The number of benzene rings is 1. The van der Waals surface area contributed by atoms with Gasteiger partial charge in [0.05, 0.1) is 6.10 Å². The molecule has 5 heteroatoms. The molecule has 1 fully saturated rings. The van der Waals surface area contributed by atoms with Crippen molar-refractivity contribution in [2.75, 3.05) is 0 Å². The molecule has 1 saturated carbocycles. The Morgan fingerprint density at radius 2 is 1.82 bits per heavy atom. The van der Waals surface area contributed by atoms with Crippen LogP contribution in [0.1, 0.15) is 71.8 Å². The molecule has 0 spiro atoms. The van der Waals surface area contributed by atoms with Gasteiger partial charge in [0.25, 0.3) is 5.91 Å². The summed E-state index contributed by atoms with van der Waals surface area (Å²) in [6.45, 7) is 7.79. The number of nitrogens with two attached hydrogens (primary N) is 1. The van der Waals surface area contributed by atoms with Gasteiger partial charge < -0.3 is 15.8 Å². The van der Waals surface area contributed by atoms with E-state index in [2.05, 4.69) is 5.32 Å². The van der Waals surface area contributed by atoms with Crippen LogP contribution >= 0.6 is 0 Å². The van der Waals surface area contributed by atoms with Gasteiger partial charge in [0.2, 0.25) is 0 Å². The SMILES string of the molecule is CC(C)OC(C(=O)NC(C)(C)Cc1ccc(F)cc1)[C@H](N)CC1CCCCC1. The van der Waals surface area contributed by atoms with Crippen LogP contribution in [0.4, 0.5) is 4.39 Å². The lowest BCUT2D eigenvalue weighted by atomic mass is 9.83. The van der Waals surface area contributed by atoms with E-state index in [-0.39, 0.29) is 23.9 Å². The van der Waals surface area contributed by atoms with Gasteiger partial charge in [-0.2, -0.15) is 0 Å². The largest absolute Gasteiger partial charge is 0.364 e. The van der Waals surface area contributed by atoms with Crippen molar-refractivity contribution in [2.24, 2.45) is 11.7 Å². The van der Waals surface area contributed by atoms with Crippen LogP contribution in [0.5, 0.6) is 0 Å². The number of carbonyl (C=O) groups is 1. The van der Waals surface area contributed by atoms with Gasteiger partial charge in [0.1, 0.15) is 5.82 Å². The van der Waals surface area contributed by atoms with E-state index < -0.39 is 11.6 Å². The molecule has 2 atom stereocenters. The topological polar surface area (TPSA) is 64.3 Å². The third kappa shape index (κ3) is 7.51. The molecule has 0 aromatic heterocycles. The number of hydrogen-bond acceptors (Lipinski definition) is 3. The fourth-order valence-corrected chi connectivity index (χ4v) is 4.14. The number of rotatable bonds is 9. The van der Waals surface area contributed by atoms with E-state index in [4.69, 9.17) is 10.5 Å². The fourth-order valence-electron chi connectivity index (χ4n) is 4.14. The van der Waals surface area contributed by atoms with Crippen LogP contribution in [0.3, 0.4) is 0 Å². The average molecular weight is 393 g/mol. The highest BCUT2D eigenvalue weighted by Crippen LogP contribution is 2.28. The molecule has 4 nitrogen and oxygen atoms in total. The first-order valence-corrected chi connectivity index (χ1v) is 10.6. The quantitative estimate of drug-likeness (QED) is 0.656. The molecule has 28 heavy (non-hydrogen) atoms. The van der Waals surface area contributed by atoms with Crippen molar-refractivity contribution in [3.8, 4) is 0 Å².